The Bertz CT molecular complexity index is 642. The van der Waals surface area contributed by atoms with E-state index in [1.54, 1.807) is 48.5 Å². The molecule has 2 amide bonds. The first-order chi connectivity index (χ1) is 9.56. The van der Waals surface area contributed by atoms with Crippen molar-refractivity contribution in [3.05, 3.63) is 58.6 Å². The molecule has 6 heteroatoms. The molecule has 0 radical (unpaired) electrons. The molecule has 0 aliphatic heterocycles. The molecule has 2 rings (SSSR count). The van der Waals surface area contributed by atoms with E-state index in [4.69, 9.17) is 23.2 Å². The molecule has 2 aromatic rings. The first-order valence-electron chi connectivity index (χ1n) is 5.68. The quantitative estimate of drug-likeness (QED) is 0.833. The van der Waals surface area contributed by atoms with Crippen LogP contribution in [0.25, 0.3) is 0 Å². The molecule has 2 N–H and O–H groups in total. The molecule has 0 spiro atoms. The minimum absolute atomic E-state index is 0.361. The summed E-state index contributed by atoms with van der Waals surface area (Å²) in [5.74, 6) is -1.58. The Morgan fingerprint density at radius 1 is 0.800 bits per heavy atom. The molecule has 4 nitrogen and oxygen atoms in total. The van der Waals surface area contributed by atoms with E-state index in [1.165, 1.54) is 0 Å². The summed E-state index contributed by atoms with van der Waals surface area (Å²) in [6.07, 6.45) is 0. The third kappa shape index (κ3) is 3.73. The van der Waals surface area contributed by atoms with Crippen molar-refractivity contribution in [3.63, 3.8) is 0 Å². The van der Waals surface area contributed by atoms with Gasteiger partial charge in [0.25, 0.3) is 0 Å². The second-order valence-electron chi connectivity index (χ2n) is 3.89. The van der Waals surface area contributed by atoms with Crippen LogP contribution in [-0.2, 0) is 9.59 Å². The van der Waals surface area contributed by atoms with Gasteiger partial charge in [-0.2, -0.15) is 0 Å². The van der Waals surface area contributed by atoms with Gasteiger partial charge in [-0.1, -0.05) is 35.3 Å². The fourth-order valence-corrected chi connectivity index (χ4v) is 1.77. The van der Waals surface area contributed by atoms with Crippen molar-refractivity contribution in [2.24, 2.45) is 0 Å². The Labute approximate surface area is 125 Å². The Morgan fingerprint density at radius 3 is 2.05 bits per heavy atom. The molecule has 102 valence electrons. The van der Waals surface area contributed by atoms with Crippen LogP contribution in [0.5, 0.6) is 0 Å². The van der Waals surface area contributed by atoms with Crippen molar-refractivity contribution in [2.75, 3.05) is 10.6 Å². The van der Waals surface area contributed by atoms with Crippen molar-refractivity contribution >= 4 is 46.4 Å². The van der Waals surface area contributed by atoms with Crippen LogP contribution >= 0.6 is 23.2 Å². The second kappa shape index (κ2) is 6.41. The number of hydrogen-bond acceptors (Lipinski definition) is 2. The van der Waals surface area contributed by atoms with E-state index in [9.17, 15) is 9.59 Å². The van der Waals surface area contributed by atoms with Gasteiger partial charge in [-0.25, -0.2) is 0 Å². The van der Waals surface area contributed by atoms with Crippen LogP contribution in [0.15, 0.2) is 48.5 Å². The van der Waals surface area contributed by atoms with Crippen molar-refractivity contribution in [3.8, 4) is 0 Å². The topological polar surface area (TPSA) is 58.2 Å². The van der Waals surface area contributed by atoms with Gasteiger partial charge in [-0.3, -0.25) is 9.59 Å². The molecule has 0 unspecified atom stereocenters. The third-order valence-electron chi connectivity index (χ3n) is 2.43. The molecule has 20 heavy (non-hydrogen) atoms. The average Bonchev–Trinajstić information content (AvgIpc) is 2.44. The summed E-state index contributed by atoms with van der Waals surface area (Å²) in [5.41, 5.74) is 0.860. The van der Waals surface area contributed by atoms with E-state index in [1.807, 2.05) is 0 Å². The number of anilines is 2. The van der Waals surface area contributed by atoms with Crippen LogP contribution in [0, 0.1) is 0 Å². The highest BCUT2D eigenvalue weighted by molar-refractivity contribution is 6.44. The molecule has 0 aliphatic carbocycles. The van der Waals surface area contributed by atoms with Gasteiger partial charge in [0.15, 0.2) is 0 Å². The monoisotopic (exact) mass is 308 g/mol. The summed E-state index contributed by atoms with van der Waals surface area (Å²) >= 11 is 11.6. The van der Waals surface area contributed by atoms with Gasteiger partial charge in [-0.15, -0.1) is 0 Å². The maximum Gasteiger partial charge on any atom is 0.314 e. The van der Waals surface area contributed by atoms with Crippen LogP contribution in [0.1, 0.15) is 0 Å². The van der Waals surface area contributed by atoms with Crippen LogP contribution in [0.2, 0.25) is 10.0 Å². The highest BCUT2D eigenvalue weighted by Gasteiger charge is 2.15. The zero-order chi connectivity index (χ0) is 14.5. The van der Waals surface area contributed by atoms with Crippen molar-refractivity contribution in [1.82, 2.24) is 0 Å². The van der Waals surface area contributed by atoms with E-state index in [0.717, 1.165) is 0 Å². The van der Waals surface area contributed by atoms with E-state index < -0.39 is 11.8 Å². The van der Waals surface area contributed by atoms with E-state index >= 15 is 0 Å². The maximum atomic E-state index is 11.7. The number of amides is 2. The zero-order valence-corrected chi connectivity index (χ0v) is 11.7. The number of hydrogen-bond donors (Lipinski definition) is 2. The van der Waals surface area contributed by atoms with Gasteiger partial charge in [0.2, 0.25) is 0 Å². The summed E-state index contributed by atoms with van der Waals surface area (Å²) in [7, 11) is 0. The van der Waals surface area contributed by atoms with Crippen LogP contribution in [-0.4, -0.2) is 11.8 Å². The van der Waals surface area contributed by atoms with Gasteiger partial charge >= 0.3 is 11.8 Å². The van der Waals surface area contributed by atoms with Gasteiger partial charge in [-0.05, 0) is 36.4 Å². The Balaban J connectivity index is 2.01. The van der Waals surface area contributed by atoms with E-state index in [2.05, 4.69) is 10.6 Å². The molecule has 0 fully saturated rings. The fraction of sp³-hybridized carbons (Fsp3) is 0. The summed E-state index contributed by atoms with van der Waals surface area (Å²) in [6.45, 7) is 0. The van der Waals surface area contributed by atoms with E-state index in [-0.39, 0.29) is 0 Å². The number of para-hydroxylation sites is 1. The predicted molar refractivity (Wildman–Crippen MR) is 80.2 cm³/mol. The lowest BCUT2D eigenvalue weighted by Gasteiger charge is -2.07. The standard InChI is InChI=1S/C14H10Cl2N2O2/c15-9-5-7-10(8-6-9)17-13(19)14(20)18-12-4-2-1-3-11(12)16/h1-8H,(H,17,19)(H,18,20). The zero-order valence-electron chi connectivity index (χ0n) is 10.2. The van der Waals surface area contributed by atoms with Crippen molar-refractivity contribution in [1.29, 1.82) is 0 Å². The van der Waals surface area contributed by atoms with E-state index in [0.29, 0.717) is 21.4 Å². The minimum atomic E-state index is -0.798. The first kappa shape index (κ1) is 14.4. The summed E-state index contributed by atoms with van der Waals surface area (Å²) < 4.78 is 0. The summed E-state index contributed by atoms with van der Waals surface area (Å²) in [6, 6.07) is 13.1. The third-order valence-corrected chi connectivity index (χ3v) is 3.01. The smallest absolute Gasteiger partial charge is 0.314 e. The fourth-order valence-electron chi connectivity index (χ4n) is 1.46. The van der Waals surface area contributed by atoms with Gasteiger partial charge in [0, 0.05) is 10.7 Å². The summed E-state index contributed by atoms with van der Waals surface area (Å²) in [5, 5.41) is 5.79. The van der Waals surface area contributed by atoms with Crippen LogP contribution in [0.3, 0.4) is 0 Å². The molecule has 0 atom stereocenters. The predicted octanol–water partition coefficient (Wildman–Crippen LogP) is 3.57. The SMILES string of the molecule is O=C(Nc1ccc(Cl)cc1)C(=O)Nc1ccccc1Cl. The van der Waals surface area contributed by atoms with Crippen LogP contribution < -0.4 is 10.6 Å². The highest BCUT2D eigenvalue weighted by atomic mass is 35.5. The number of halogens is 2. The molecular formula is C14H10Cl2N2O2. The average molecular weight is 309 g/mol. The number of rotatable bonds is 2. The van der Waals surface area contributed by atoms with Gasteiger partial charge in [0.1, 0.15) is 0 Å². The largest absolute Gasteiger partial charge is 0.318 e. The lowest BCUT2D eigenvalue weighted by atomic mass is 10.3. The molecule has 0 aliphatic rings. The summed E-state index contributed by atoms with van der Waals surface area (Å²) in [4.78, 5) is 23.4. The number of nitrogens with one attached hydrogen (secondary N) is 2. The van der Waals surface area contributed by atoms with Crippen molar-refractivity contribution in [2.45, 2.75) is 0 Å². The molecular weight excluding hydrogens is 299 g/mol. The Kier molecular flexibility index (Phi) is 4.61. The lowest BCUT2D eigenvalue weighted by molar-refractivity contribution is -0.132. The lowest BCUT2D eigenvalue weighted by Crippen LogP contribution is -2.29. The molecule has 2 aromatic carbocycles. The van der Waals surface area contributed by atoms with Gasteiger partial charge < -0.3 is 10.6 Å². The molecule has 0 bridgehead atoms. The Hall–Kier alpha value is -2.04. The molecule has 0 heterocycles. The highest BCUT2D eigenvalue weighted by Crippen LogP contribution is 2.20. The normalized spacial score (nSPS) is 9.90. The first-order valence-corrected chi connectivity index (χ1v) is 6.44. The number of carbonyl (C=O) groups excluding carboxylic acids is 2. The number of carbonyl (C=O) groups is 2. The number of benzene rings is 2. The van der Waals surface area contributed by atoms with Gasteiger partial charge in [0.05, 0.1) is 10.7 Å². The maximum absolute atomic E-state index is 11.7. The Morgan fingerprint density at radius 2 is 1.40 bits per heavy atom. The molecule has 0 aromatic heterocycles. The molecule has 0 saturated carbocycles. The second-order valence-corrected chi connectivity index (χ2v) is 4.74. The minimum Gasteiger partial charge on any atom is -0.318 e. The van der Waals surface area contributed by atoms with Crippen molar-refractivity contribution < 1.29 is 9.59 Å². The van der Waals surface area contributed by atoms with Crippen LogP contribution in [0.4, 0.5) is 11.4 Å². The molecule has 0 saturated heterocycles.